The fraction of sp³-hybridized carbons (Fsp3) is 0.0588. The smallest absolute Gasteiger partial charge is 0.283 e. The van der Waals surface area contributed by atoms with Crippen LogP contribution in [0.3, 0.4) is 0 Å². The largest absolute Gasteiger partial charge is 0.497 e. The molecule has 0 atom stereocenters. The minimum Gasteiger partial charge on any atom is -0.497 e. The molecule has 3 rings (SSSR count). The topological polar surface area (TPSA) is 119 Å². The first-order chi connectivity index (χ1) is 12.7. The second kappa shape index (κ2) is 7.03. The van der Waals surface area contributed by atoms with Crippen molar-refractivity contribution in [1.29, 1.82) is 0 Å². The standard InChI is InChI=1S/C17H14ClN3O5S/c1-26-12-6-4-11(5-7-12)21-16(22)14(18)15(17(21)23)20-10-2-8-13(9-3-10)27(19,24)25/h2-9,20H,1H3,(H2,19,24,25). The Bertz CT molecular complexity index is 1050. The van der Waals surface area contributed by atoms with Crippen LogP contribution in [0, 0.1) is 0 Å². The van der Waals surface area contributed by atoms with Gasteiger partial charge in [-0.05, 0) is 48.5 Å². The van der Waals surface area contributed by atoms with Gasteiger partial charge in [0, 0.05) is 5.69 Å². The maximum atomic E-state index is 12.7. The van der Waals surface area contributed by atoms with E-state index in [2.05, 4.69) is 5.32 Å². The molecule has 2 aromatic rings. The van der Waals surface area contributed by atoms with Gasteiger partial charge in [-0.15, -0.1) is 0 Å². The number of anilines is 2. The second-order valence-corrected chi connectivity index (χ2v) is 7.47. The lowest BCUT2D eigenvalue weighted by atomic mass is 10.2. The molecule has 2 aromatic carbocycles. The van der Waals surface area contributed by atoms with E-state index in [1.807, 2.05) is 0 Å². The van der Waals surface area contributed by atoms with Gasteiger partial charge in [-0.2, -0.15) is 0 Å². The van der Waals surface area contributed by atoms with Gasteiger partial charge >= 0.3 is 0 Å². The van der Waals surface area contributed by atoms with E-state index < -0.39 is 21.8 Å². The highest BCUT2D eigenvalue weighted by Crippen LogP contribution is 2.31. The Labute approximate surface area is 160 Å². The Balaban J connectivity index is 1.85. The number of benzene rings is 2. The molecule has 0 aliphatic carbocycles. The Hall–Kier alpha value is -2.88. The van der Waals surface area contributed by atoms with Crippen LogP contribution in [0.1, 0.15) is 0 Å². The number of imide groups is 1. The molecule has 0 aromatic heterocycles. The fourth-order valence-corrected chi connectivity index (χ4v) is 3.18. The van der Waals surface area contributed by atoms with Crippen molar-refractivity contribution >= 4 is 44.8 Å². The maximum absolute atomic E-state index is 12.7. The van der Waals surface area contributed by atoms with Gasteiger partial charge < -0.3 is 10.1 Å². The highest BCUT2D eigenvalue weighted by molar-refractivity contribution is 7.89. The molecule has 1 aliphatic heterocycles. The van der Waals surface area contributed by atoms with Gasteiger partial charge in [0.05, 0.1) is 17.7 Å². The number of hydrogen-bond acceptors (Lipinski definition) is 6. The summed E-state index contributed by atoms with van der Waals surface area (Å²) in [6, 6.07) is 11.7. The summed E-state index contributed by atoms with van der Waals surface area (Å²) in [4.78, 5) is 25.9. The van der Waals surface area contributed by atoms with E-state index in [4.69, 9.17) is 21.5 Å². The summed E-state index contributed by atoms with van der Waals surface area (Å²) in [6.45, 7) is 0. The summed E-state index contributed by atoms with van der Waals surface area (Å²) in [6.07, 6.45) is 0. The number of sulfonamides is 1. The number of methoxy groups -OCH3 is 1. The number of carbonyl (C=O) groups excluding carboxylic acids is 2. The van der Waals surface area contributed by atoms with Crippen molar-refractivity contribution in [2.24, 2.45) is 5.14 Å². The zero-order chi connectivity index (χ0) is 19.8. The number of nitrogens with zero attached hydrogens (tertiary/aromatic N) is 1. The average molecular weight is 408 g/mol. The zero-order valence-electron chi connectivity index (χ0n) is 14.0. The number of halogens is 1. The van der Waals surface area contributed by atoms with Crippen LogP contribution in [0.5, 0.6) is 5.75 Å². The first kappa shape index (κ1) is 18.9. The van der Waals surface area contributed by atoms with Gasteiger partial charge in [0.25, 0.3) is 11.8 Å². The molecule has 2 amide bonds. The van der Waals surface area contributed by atoms with Crippen LogP contribution in [0.2, 0.25) is 0 Å². The molecule has 27 heavy (non-hydrogen) atoms. The summed E-state index contributed by atoms with van der Waals surface area (Å²) in [5.41, 5.74) is 0.597. The predicted octanol–water partition coefficient (Wildman–Crippen LogP) is 1.78. The van der Waals surface area contributed by atoms with E-state index in [-0.39, 0.29) is 15.6 Å². The molecule has 0 saturated carbocycles. The van der Waals surface area contributed by atoms with Gasteiger partial charge in [0.2, 0.25) is 10.0 Å². The Morgan fingerprint density at radius 1 is 1.00 bits per heavy atom. The lowest BCUT2D eigenvalue weighted by molar-refractivity contribution is -0.120. The fourth-order valence-electron chi connectivity index (χ4n) is 2.45. The Morgan fingerprint density at radius 3 is 2.11 bits per heavy atom. The molecule has 0 bridgehead atoms. The van der Waals surface area contributed by atoms with E-state index >= 15 is 0 Å². The monoisotopic (exact) mass is 407 g/mol. The van der Waals surface area contributed by atoms with E-state index in [1.54, 1.807) is 24.3 Å². The van der Waals surface area contributed by atoms with Crippen LogP contribution in [0.4, 0.5) is 11.4 Å². The van der Waals surface area contributed by atoms with Crippen molar-refractivity contribution < 1.29 is 22.7 Å². The third-order valence-corrected chi connectivity index (χ3v) is 5.09. The van der Waals surface area contributed by atoms with Crippen LogP contribution in [-0.4, -0.2) is 27.3 Å². The number of ether oxygens (including phenoxy) is 1. The normalized spacial score (nSPS) is 14.7. The van der Waals surface area contributed by atoms with E-state index in [1.165, 1.54) is 31.4 Å². The molecule has 10 heteroatoms. The first-order valence-electron chi connectivity index (χ1n) is 7.55. The minimum atomic E-state index is -3.83. The molecule has 0 radical (unpaired) electrons. The van der Waals surface area contributed by atoms with E-state index in [0.29, 0.717) is 17.1 Å². The van der Waals surface area contributed by atoms with Crippen molar-refractivity contribution in [2.45, 2.75) is 4.90 Å². The molecule has 1 aliphatic rings. The van der Waals surface area contributed by atoms with Crippen LogP contribution >= 0.6 is 11.6 Å². The summed E-state index contributed by atoms with van der Waals surface area (Å²) in [7, 11) is -2.33. The molecule has 0 spiro atoms. The number of carbonyl (C=O) groups is 2. The van der Waals surface area contributed by atoms with Gasteiger partial charge in [-0.3, -0.25) is 9.59 Å². The summed E-state index contributed by atoms with van der Waals surface area (Å²) >= 11 is 6.05. The molecule has 1 heterocycles. The Morgan fingerprint density at radius 2 is 1.59 bits per heavy atom. The maximum Gasteiger partial charge on any atom is 0.283 e. The number of primary sulfonamides is 1. The van der Waals surface area contributed by atoms with Gasteiger partial charge in [-0.25, -0.2) is 18.5 Å². The average Bonchev–Trinajstić information content (AvgIpc) is 2.85. The highest BCUT2D eigenvalue weighted by Gasteiger charge is 2.38. The predicted molar refractivity (Wildman–Crippen MR) is 99.8 cm³/mol. The second-order valence-electron chi connectivity index (χ2n) is 5.53. The van der Waals surface area contributed by atoms with Crippen LogP contribution in [-0.2, 0) is 19.6 Å². The Kier molecular flexibility index (Phi) is 4.92. The molecule has 0 saturated heterocycles. The molecule has 3 N–H and O–H groups in total. The number of rotatable bonds is 5. The quantitative estimate of drug-likeness (QED) is 0.729. The number of amides is 2. The number of hydrogen-bond donors (Lipinski definition) is 2. The van der Waals surface area contributed by atoms with Gasteiger partial charge in [0.15, 0.2) is 0 Å². The highest BCUT2D eigenvalue weighted by atomic mass is 35.5. The van der Waals surface area contributed by atoms with Crippen LogP contribution < -0.4 is 20.1 Å². The summed E-state index contributed by atoms with van der Waals surface area (Å²) in [5, 5.41) is 7.52. The van der Waals surface area contributed by atoms with E-state index in [0.717, 1.165) is 4.90 Å². The van der Waals surface area contributed by atoms with Crippen molar-refractivity contribution in [3.05, 3.63) is 59.3 Å². The molecule has 0 fully saturated rings. The molecule has 0 unspecified atom stereocenters. The van der Waals surface area contributed by atoms with Crippen molar-refractivity contribution in [2.75, 3.05) is 17.3 Å². The van der Waals surface area contributed by atoms with Crippen molar-refractivity contribution in [3.8, 4) is 5.75 Å². The van der Waals surface area contributed by atoms with E-state index in [9.17, 15) is 18.0 Å². The number of nitrogens with one attached hydrogen (secondary N) is 1. The SMILES string of the molecule is COc1ccc(N2C(=O)C(Cl)=C(Nc3ccc(S(N)(=O)=O)cc3)C2=O)cc1. The van der Waals surface area contributed by atoms with Crippen LogP contribution in [0.25, 0.3) is 0 Å². The summed E-state index contributed by atoms with van der Waals surface area (Å²) < 4.78 is 27.6. The lowest BCUT2D eigenvalue weighted by Gasteiger charge is -2.15. The van der Waals surface area contributed by atoms with Gasteiger partial charge in [0.1, 0.15) is 16.5 Å². The third kappa shape index (κ3) is 3.65. The van der Waals surface area contributed by atoms with Crippen LogP contribution in [0.15, 0.2) is 64.2 Å². The lowest BCUT2D eigenvalue weighted by Crippen LogP contribution is -2.32. The zero-order valence-corrected chi connectivity index (χ0v) is 15.5. The third-order valence-electron chi connectivity index (χ3n) is 3.81. The summed E-state index contributed by atoms with van der Waals surface area (Å²) in [5.74, 6) is -0.730. The minimum absolute atomic E-state index is 0.0817. The molecular formula is C17H14ClN3O5S. The molecular weight excluding hydrogens is 394 g/mol. The molecule has 8 nitrogen and oxygen atoms in total. The molecule has 140 valence electrons. The first-order valence-corrected chi connectivity index (χ1v) is 9.47. The van der Waals surface area contributed by atoms with Crippen molar-refractivity contribution in [3.63, 3.8) is 0 Å². The van der Waals surface area contributed by atoms with Crippen molar-refractivity contribution in [1.82, 2.24) is 0 Å². The van der Waals surface area contributed by atoms with Gasteiger partial charge in [-0.1, -0.05) is 11.6 Å². The number of nitrogens with two attached hydrogens (primary N) is 1.